The molecule has 7 nitrogen and oxygen atoms in total. The fourth-order valence-corrected chi connectivity index (χ4v) is 3.14. The minimum atomic E-state index is -0.474. The summed E-state index contributed by atoms with van der Waals surface area (Å²) >= 11 is 9.27. The average Bonchev–Trinajstić information content (AvgIpc) is 2.99. The van der Waals surface area contributed by atoms with Crippen molar-refractivity contribution in [1.29, 1.82) is 0 Å². The maximum Gasteiger partial charge on any atom is 0.343 e. The first-order valence-electron chi connectivity index (χ1n) is 9.35. The molecule has 160 valence electrons. The Morgan fingerprint density at radius 2 is 1.71 bits per heavy atom. The van der Waals surface area contributed by atoms with E-state index in [2.05, 4.69) is 31.6 Å². The summed E-state index contributed by atoms with van der Waals surface area (Å²) in [5, 5.41) is 8.99. The standard InChI is InChI=1S/C22H20BrClN4O3/c1-13(25-26-20(29)12-28-15(3)21(23)14(2)27-28)16-6-10-19(11-7-16)31-22(30)17-4-8-18(24)9-5-17/h4-11H,12H2,1-3H3,(H,26,29)/b25-13+. The Morgan fingerprint density at radius 3 is 2.29 bits per heavy atom. The number of hydrogen-bond acceptors (Lipinski definition) is 5. The molecule has 0 unspecified atom stereocenters. The summed E-state index contributed by atoms with van der Waals surface area (Å²) in [5.41, 5.74) is 6.02. The molecule has 0 aliphatic carbocycles. The number of esters is 1. The number of carbonyl (C=O) groups is 2. The van der Waals surface area contributed by atoms with Gasteiger partial charge in [-0.3, -0.25) is 9.48 Å². The van der Waals surface area contributed by atoms with Gasteiger partial charge in [-0.2, -0.15) is 10.2 Å². The number of halogens is 2. The van der Waals surface area contributed by atoms with Gasteiger partial charge in [-0.25, -0.2) is 10.2 Å². The van der Waals surface area contributed by atoms with Crippen molar-refractivity contribution in [3.8, 4) is 5.75 Å². The zero-order chi connectivity index (χ0) is 22.5. The van der Waals surface area contributed by atoms with Gasteiger partial charge in [-0.05, 0) is 90.8 Å². The van der Waals surface area contributed by atoms with Crippen LogP contribution in [0.1, 0.15) is 34.2 Å². The Hall–Kier alpha value is -2.97. The molecule has 1 amide bonds. The Balaban J connectivity index is 1.58. The summed E-state index contributed by atoms with van der Waals surface area (Å²) < 4.78 is 7.86. The zero-order valence-corrected chi connectivity index (χ0v) is 19.5. The van der Waals surface area contributed by atoms with E-state index in [9.17, 15) is 9.59 Å². The Morgan fingerprint density at radius 1 is 1.10 bits per heavy atom. The molecule has 0 fully saturated rings. The number of hydrazone groups is 1. The number of hydrogen-bond donors (Lipinski definition) is 1. The van der Waals surface area contributed by atoms with E-state index in [-0.39, 0.29) is 12.5 Å². The summed E-state index contributed by atoms with van der Waals surface area (Å²) in [6.45, 7) is 5.58. The molecule has 0 radical (unpaired) electrons. The molecule has 0 aliphatic heterocycles. The van der Waals surface area contributed by atoms with Crippen LogP contribution >= 0.6 is 27.5 Å². The van der Waals surface area contributed by atoms with Gasteiger partial charge >= 0.3 is 5.97 Å². The number of ether oxygens (including phenoxy) is 1. The fourth-order valence-electron chi connectivity index (χ4n) is 2.73. The van der Waals surface area contributed by atoms with Crippen molar-refractivity contribution in [1.82, 2.24) is 15.2 Å². The van der Waals surface area contributed by atoms with Crippen molar-refractivity contribution in [2.75, 3.05) is 0 Å². The molecule has 9 heteroatoms. The highest BCUT2D eigenvalue weighted by Crippen LogP contribution is 2.19. The van der Waals surface area contributed by atoms with Crippen LogP contribution in [0.4, 0.5) is 0 Å². The van der Waals surface area contributed by atoms with Gasteiger partial charge < -0.3 is 4.74 Å². The minimum Gasteiger partial charge on any atom is -0.423 e. The largest absolute Gasteiger partial charge is 0.423 e. The third-order valence-electron chi connectivity index (χ3n) is 4.50. The number of carbonyl (C=O) groups excluding carboxylic acids is 2. The van der Waals surface area contributed by atoms with Crippen LogP contribution in [-0.4, -0.2) is 27.4 Å². The van der Waals surface area contributed by atoms with E-state index in [4.69, 9.17) is 16.3 Å². The second kappa shape index (κ2) is 9.89. The first-order chi connectivity index (χ1) is 14.7. The second-order valence-corrected chi connectivity index (χ2v) is 8.02. The van der Waals surface area contributed by atoms with Crippen LogP contribution in [0.3, 0.4) is 0 Å². The summed E-state index contributed by atoms with van der Waals surface area (Å²) in [6, 6.07) is 13.3. The third kappa shape index (κ3) is 5.80. The predicted octanol–water partition coefficient (Wildman–Crippen LogP) is 4.68. The quantitative estimate of drug-likeness (QED) is 0.229. The van der Waals surface area contributed by atoms with Gasteiger partial charge in [-0.1, -0.05) is 11.6 Å². The Labute approximate surface area is 193 Å². The summed E-state index contributed by atoms with van der Waals surface area (Å²) in [4.78, 5) is 24.4. The van der Waals surface area contributed by atoms with Crippen LogP contribution in [0.25, 0.3) is 0 Å². The smallest absolute Gasteiger partial charge is 0.343 e. The molecule has 2 aromatic carbocycles. The number of aryl methyl sites for hydroxylation is 1. The molecule has 1 aromatic heterocycles. The summed E-state index contributed by atoms with van der Waals surface area (Å²) in [6.07, 6.45) is 0. The van der Waals surface area contributed by atoms with Gasteiger partial charge in [0.05, 0.1) is 27.1 Å². The van der Waals surface area contributed by atoms with Crippen molar-refractivity contribution in [3.05, 3.63) is 80.5 Å². The molecule has 0 bridgehead atoms. The Bertz CT molecular complexity index is 1140. The van der Waals surface area contributed by atoms with E-state index in [1.807, 2.05) is 13.8 Å². The normalized spacial score (nSPS) is 11.3. The zero-order valence-electron chi connectivity index (χ0n) is 17.1. The lowest BCUT2D eigenvalue weighted by Crippen LogP contribution is -2.25. The highest BCUT2D eigenvalue weighted by molar-refractivity contribution is 9.10. The number of rotatable bonds is 6. The van der Waals surface area contributed by atoms with Gasteiger partial charge in [-0.15, -0.1) is 0 Å². The molecule has 0 atom stereocenters. The van der Waals surface area contributed by atoms with Gasteiger partial charge in [0, 0.05) is 5.02 Å². The molecule has 1 N–H and O–H groups in total. The molecular weight excluding hydrogens is 484 g/mol. The number of nitrogens with one attached hydrogen (secondary N) is 1. The highest BCUT2D eigenvalue weighted by atomic mass is 79.9. The van der Waals surface area contributed by atoms with Crippen LogP contribution in [0.5, 0.6) is 5.75 Å². The third-order valence-corrected chi connectivity index (χ3v) is 5.90. The topological polar surface area (TPSA) is 85.6 Å². The first kappa shape index (κ1) is 22.7. The van der Waals surface area contributed by atoms with E-state index < -0.39 is 5.97 Å². The molecule has 0 saturated heterocycles. The Kier molecular flexibility index (Phi) is 7.25. The summed E-state index contributed by atoms with van der Waals surface area (Å²) in [7, 11) is 0. The maximum absolute atomic E-state index is 12.2. The lowest BCUT2D eigenvalue weighted by Gasteiger charge is -2.07. The van der Waals surface area contributed by atoms with E-state index in [0.717, 1.165) is 21.4 Å². The van der Waals surface area contributed by atoms with Gasteiger partial charge in [0.1, 0.15) is 12.3 Å². The first-order valence-corrected chi connectivity index (χ1v) is 10.5. The van der Waals surface area contributed by atoms with Crippen molar-refractivity contribution in [2.45, 2.75) is 27.3 Å². The van der Waals surface area contributed by atoms with Crippen molar-refractivity contribution in [3.63, 3.8) is 0 Å². The van der Waals surface area contributed by atoms with E-state index >= 15 is 0 Å². The molecule has 0 saturated carbocycles. The second-order valence-electron chi connectivity index (χ2n) is 6.80. The van der Waals surface area contributed by atoms with Crippen molar-refractivity contribution < 1.29 is 14.3 Å². The molecule has 0 aliphatic rings. The molecule has 0 spiro atoms. The molecule has 1 heterocycles. The van der Waals surface area contributed by atoms with Crippen LogP contribution in [0, 0.1) is 13.8 Å². The number of benzene rings is 2. The van der Waals surface area contributed by atoms with Crippen LogP contribution in [0.2, 0.25) is 5.02 Å². The molecular formula is C22H20BrClN4O3. The highest BCUT2D eigenvalue weighted by Gasteiger charge is 2.12. The van der Waals surface area contributed by atoms with E-state index in [0.29, 0.717) is 22.0 Å². The average molecular weight is 504 g/mol. The lowest BCUT2D eigenvalue weighted by atomic mass is 10.1. The molecule has 31 heavy (non-hydrogen) atoms. The number of amides is 1. The molecule has 3 aromatic rings. The van der Waals surface area contributed by atoms with E-state index in [1.54, 1.807) is 60.1 Å². The predicted molar refractivity (Wildman–Crippen MR) is 123 cm³/mol. The van der Waals surface area contributed by atoms with Crippen LogP contribution in [-0.2, 0) is 11.3 Å². The van der Waals surface area contributed by atoms with Gasteiger partial charge in [0.2, 0.25) is 0 Å². The van der Waals surface area contributed by atoms with E-state index in [1.165, 1.54) is 0 Å². The van der Waals surface area contributed by atoms with Crippen molar-refractivity contribution >= 4 is 45.1 Å². The molecule has 3 rings (SSSR count). The maximum atomic E-state index is 12.2. The van der Waals surface area contributed by atoms with Gasteiger partial charge in [0.15, 0.2) is 0 Å². The van der Waals surface area contributed by atoms with Crippen LogP contribution < -0.4 is 10.2 Å². The monoisotopic (exact) mass is 502 g/mol. The number of aromatic nitrogens is 2. The minimum absolute atomic E-state index is 0.0641. The SMILES string of the molecule is C/C(=N\NC(=O)Cn1nc(C)c(Br)c1C)c1ccc(OC(=O)c2ccc(Cl)cc2)cc1. The number of nitrogens with zero attached hydrogens (tertiary/aromatic N) is 3. The summed E-state index contributed by atoms with van der Waals surface area (Å²) in [5.74, 6) is -0.362. The van der Waals surface area contributed by atoms with Crippen LogP contribution in [0.15, 0.2) is 58.1 Å². The van der Waals surface area contributed by atoms with Gasteiger partial charge in [0.25, 0.3) is 5.91 Å². The lowest BCUT2D eigenvalue weighted by molar-refractivity contribution is -0.121. The fraction of sp³-hybridized carbons (Fsp3) is 0.182. The van der Waals surface area contributed by atoms with Crippen molar-refractivity contribution in [2.24, 2.45) is 5.10 Å².